The van der Waals surface area contributed by atoms with Gasteiger partial charge in [-0.1, -0.05) is 18.2 Å². The molecule has 0 saturated heterocycles. The van der Waals surface area contributed by atoms with Crippen LogP contribution < -0.4 is 0 Å². The van der Waals surface area contributed by atoms with Gasteiger partial charge in [0.1, 0.15) is 11.9 Å². The number of benzene rings is 2. The van der Waals surface area contributed by atoms with Gasteiger partial charge in [0.2, 0.25) is 0 Å². The molecular formula is C15H10FNO2. The van der Waals surface area contributed by atoms with E-state index in [9.17, 15) is 9.18 Å². The van der Waals surface area contributed by atoms with Crippen LogP contribution in [0.3, 0.4) is 0 Å². The second kappa shape index (κ2) is 4.91. The molecule has 0 amide bonds. The Morgan fingerprint density at radius 3 is 2.58 bits per heavy atom. The predicted molar refractivity (Wildman–Crippen MR) is 68.2 cm³/mol. The van der Waals surface area contributed by atoms with Crippen LogP contribution in [0.15, 0.2) is 36.4 Å². The van der Waals surface area contributed by atoms with Crippen molar-refractivity contribution < 1.29 is 14.3 Å². The number of rotatable bonds is 2. The Morgan fingerprint density at radius 1 is 1.26 bits per heavy atom. The molecule has 2 aromatic carbocycles. The Labute approximate surface area is 109 Å². The number of halogens is 1. The van der Waals surface area contributed by atoms with Crippen LogP contribution in [-0.4, -0.2) is 11.1 Å². The van der Waals surface area contributed by atoms with Gasteiger partial charge in [0, 0.05) is 5.56 Å². The molecule has 0 unspecified atom stereocenters. The summed E-state index contributed by atoms with van der Waals surface area (Å²) in [5.74, 6) is -1.61. The van der Waals surface area contributed by atoms with Gasteiger partial charge in [-0.3, -0.25) is 0 Å². The molecule has 2 rings (SSSR count). The molecule has 0 radical (unpaired) electrons. The minimum atomic E-state index is -1.03. The molecule has 0 spiro atoms. The number of nitriles is 1. The highest BCUT2D eigenvalue weighted by Gasteiger charge is 2.13. The molecule has 94 valence electrons. The second-order valence-electron chi connectivity index (χ2n) is 4.11. The maximum atomic E-state index is 14.1. The molecule has 0 aliphatic carbocycles. The van der Waals surface area contributed by atoms with Crippen LogP contribution >= 0.6 is 0 Å². The summed E-state index contributed by atoms with van der Waals surface area (Å²) in [6, 6.07) is 10.8. The molecule has 0 bridgehead atoms. The summed E-state index contributed by atoms with van der Waals surface area (Å²) in [6.45, 7) is 1.71. The zero-order valence-corrected chi connectivity index (χ0v) is 10.1. The molecular weight excluding hydrogens is 245 g/mol. The summed E-state index contributed by atoms with van der Waals surface area (Å²) in [4.78, 5) is 10.9. The van der Waals surface area contributed by atoms with E-state index in [4.69, 9.17) is 10.4 Å². The minimum Gasteiger partial charge on any atom is -0.478 e. The topological polar surface area (TPSA) is 61.1 Å². The first-order valence-corrected chi connectivity index (χ1v) is 5.57. The lowest BCUT2D eigenvalue weighted by atomic mass is 9.96. The van der Waals surface area contributed by atoms with E-state index in [1.165, 1.54) is 18.2 Å². The third-order valence-corrected chi connectivity index (χ3v) is 2.88. The second-order valence-corrected chi connectivity index (χ2v) is 4.11. The van der Waals surface area contributed by atoms with Crippen molar-refractivity contribution in [3.8, 4) is 17.2 Å². The van der Waals surface area contributed by atoms with Crippen molar-refractivity contribution in [1.82, 2.24) is 0 Å². The number of carboxylic acid groups (broad SMARTS) is 1. The fourth-order valence-electron chi connectivity index (χ4n) is 1.93. The monoisotopic (exact) mass is 255 g/mol. The standard InChI is InChI=1S/C15H10FNO2/c1-9-7-10(15(18)19)5-6-12(9)13-4-2-3-11(8-17)14(13)16/h2-7H,1H3,(H,18,19). The van der Waals surface area contributed by atoms with E-state index in [1.807, 2.05) is 0 Å². The van der Waals surface area contributed by atoms with Gasteiger partial charge < -0.3 is 5.11 Å². The van der Waals surface area contributed by atoms with Gasteiger partial charge in [-0.05, 0) is 36.2 Å². The highest BCUT2D eigenvalue weighted by Crippen LogP contribution is 2.28. The normalized spacial score (nSPS) is 9.95. The third-order valence-electron chi connectivity index (χ3n) is 2.88. The van der Waals surface area contributed by atoms with Crippen LogP contribution in [0.25, 0.3) is 11.1 Å². The largest absolute Gasteiger partial charge is 0.478 e. The van der Waals surface area contributed by atoms with Gasteiger partial charge in [-0.25, -0.2) is 9.18 Å². The lowest BCUT2D eigenvalue weighted by Crippen LogP contribution is -1.98. The predicted octanol–water partition coefficient (Wildman–Crippen LogP) is 3.37. The number of carboxylic acids is 1. The number of hydrogen-bond acceptors (Lipinski definition) is 2. The first-order valence-electron chi connectivity index (χ1n) is 5.57. The molecule has 4 heteroatoms. The fourth-order valence-corrected chi connectivity index (χ4v) is 1.93. The number of aryl methyl sites for hydroxylation is 1. The number of aromatic carboxylic acids is 1. The Kier molecular flexibility index (Phi) is 3.30. The lowest BCUT2D eigenvalue weighted by molar-refractivity contribution is 0.0697. The number of carbonyl (C=O) groups is 1. The SMILES string of the molecule is Cc1cc(C(=O)O)ccc1-c1cccc(C#N)c1F. The van der Waals surface area contributed by atoms with Gasteiger partial charge >= 0.3 is 5.97 Å². The third kappa shape index (κ3) is 2.31. The highest BCUT2D eigenvalue weighted by atomic mass is 19.1. The Hall–Kier alpha value is -2.67. The number of nitrogens with zero attached hydrogens (tertiary/aromatic N) is 1. The summed E-state index contributed by atoms with van der Waals surface area (Å²) in [7, 11) is 0. The minimum absolute atomic E-state index is 0.0285. The van der Waals surface area contributed by atoms with Crippen molar-refractivity contribution in [3.63, 3.8) is 0 Å². The highest BCUT2D eigenvalue weighted by molar-refractivity contribution is 5.89. The van der Waals surface area contributed by atoms with Crippen LogP contribution in [0.2, 0.25) is 0 Å². The summed E-state index contributed by atoms with van der Waals surface area (Å²) < 4.78 is 14.1. The molecule has 1 N–H and O–H groups in total. The van der Waals surface area contributed by atoms with E-state index < -0.39 is 11.8 Å². The van der Waals surface area contributed by atoms with E-state index in [0.29, 0.717) is 16.7 Å². The molecule has 2 aromatic rings. The van der Waals surface area contributed by atoms with Gasteiger partial charge in [0.25, 0.3) is 0 Å². The molecule has 0 aliphatic heterocycles. The Bertz CT molecular complexity index is 702. The Balaban J connectivity index is 2.61. The van der Waals surface area contributed by atoms with Crippen LogP contribution in [0.5, 0.6) is 0 Å². The maximum absolute atomic E-state index is 14.1. The van der Waals surface area contributed by atoms with Crippen molar-refractivity contribution in [2.24, 2.45) is 0 Å². The van der Waals surface area contributed by atoms with Gasteiger partial charge in [0.15, 0.2) is 0 Å². The summed E-state index contributed by atoms with van der Waals surface area (Å²) in [5.41, 5.74) is 1.65. The fraction of sp³-hybridized carbons (Fsp3) is 0.0667. The van der Waals surface area contributed by atoms with Gasteiger partial charge in [-0.2, -0.15) is 5.26 Å². The molecule has 0 atom stereocenters. The zero-order chi connectivity index (χ0) is 14.0. The molecule has 0 heterocycles. The van der Waals surface area contributed by atoms with Crippen molar-refractivity contribution in [2.45, 2.75) is 6.92 Å². The van der Waals surface area contributed by atoms with Crippen molar-refractivity contribution in [3.05, 3.63) is 58.9 Å². The van der Waals surface area contributed by atoms with Crippen molar-refractivity contribution >= 4 is 5.97 Å². The van der Waals surface area contributed by atoms with Crippen LogP contribution in [0.4, 0.5) is 4.39 Å². The van der Waals surface area contributed by atoms with E-state index in [1.54, 1.807) is 31.2 Å². The van der Waals surface area contributed by atoms with E-state index in [0.717, 1.165) is 0 Å². The molecule has 19 heavy (non-hydrogen) atoms. The van der Waals surface area contributed by atoms with Crippen molar-refractivity contribution in [2.75, 3.05) is 0 Å². The van der Waals surface area contributed by atoms with E-state index in [2.05, 4.69) is 0 Å². The average Bonchev–Trinajstić information content (AvgIpc) is 2.39. The first-order chi connectivity index (χ1) is 9.04. The molecule has 0 aromatic heterocycles. The van der Waals surface area contributed by atoms with Crippen LogP contribution in [0, 0.1) is 24.1 Å². The van der Waals surface area contributed by atoms with Gasteiger partial charge in [0.05, 0.1) is 11.1 Å². The molecule has 0 saturated carbocycles. The smallest absolute Gasteiger partial charge is 0.335 e. The molecule has 0 fully saturated rings. The van der Waals surface area contributed by atoms with E-state index in [-0.39, 0.29) is 11.1 Å². The lowest BCUT2D eigenvalue weighted by Gasteiger charge is -2.09. The summed E-state index contributed by atoms with van der Waals surface area (Å²) >= 11 is 0. The number of hydrogen-bond donors (Lipinski definition) is 1. The maximum Gasteiger partial charge on any atom is 0.335 e. The quantitative estimate of drug-likeness (QED) is 0.894. The average molecular weight is 255 g/mol. The summed E-state index contributed by atoms with van der Waals surface area (Å²) in [6.07, 6.45) is 0. The Morgan fingerprint density at radius 2 is 2.00 bits per heavy atom. The first kappa shape index (κ1) is 12.8. The van der Waals surface area contributed by atoms with E-state index >= 15 is 0 Å². The molecule has 0 aliphatic rings. The van der Waals surface area contributed by atoms with Gasteiger partial charge in [-0.15, -0.1) is 0 Å². The summed E-state index contributed by atoms with van der Waals surface area (Å²) in [5, 5.41) is 17.7. The van der Waals surface area contributed by atoms with Crippen LogP contribution in [0.1, 0.15) is 21.5 Å². The molecule has 3 nitrogen and oxygen atoms in total. The van der Waals surface area contributed by atoms with Crippen LogP contribution in [-0.2, 0) is 0 Å². The zero-order valence-electron chi connectivity index (χ0n) is 10.1. The van der Waals surface area contributed by atoms with Crippen molar-refractivity contribution in [1.29, 1.82) is 5.26 Å².